The van der Waals surface area contributed by atoms with Crippen molar-refractivity contribution < 1.29 is 15.0 Å². The highest BCUT2D eigenvalue weighted by molar-refractivity contribution is 5.94. The number of rotatable bonds is 3. The Hall–Kier alpha value is -1.71. The molecule has 17 heavy (non-hydrogen) atoms. The molecular formula is C13H19NO3. The van der Waals surface area contributed by atoms with Gasteiger partial charge in [0, 0.05) is 12.1 Å². The number of hydrogen-bond acceptors (Lipinski definition) is 3. The molecule has 0 unspecified atom stereocenters. The quantitative estimate of drug-likeness (QED) is 0.706. The largest absolute Gasteiger partial charge is 0.504 e. The third kappa shape index (κ3) is 4.34. The molecule has 0 aliphatic rings. The van der Waals surface area contributed by atoms with Crippen molar-refractivity contribution in [1.82, 2.24) is 5.32 Å². The van der Waals surface area contributed by atoms with Crippen LogP contribution in [0.15, 0.2) is 18.2 Å². The van der Waals surface area contributed by atoms with Gasteiger partial charge in [0.05, 0.1) is 0 Å². The topological polar surface area (TPSA) is 69.6 Å². The van der Waals surface area contributed by atoms with E-state index in [9.17, 15) is 9.90 Å². The number of carbonyl (C=O) groups is 1. The fraction of sp³-hybridized carbons (Fsp3) is 0.462. The van der Waals surface area contributed by atoms with Gasteiger partial charge in [0.25, 0.3) is 5.91 Å². The Bertz CT molecular complexity index is 408. The molecule has 0 aliphatic heterocycles. The lowest BCUT2D eigenvalue weighted by atomic mass is 9.92. The lowest BCUT2D eigenvalue weighted by Gasteiger charge is -2.18. The van der Waals surface area contributed by atoms with Crippen LogP contribution in [0.25, 0.3) is 0 Å². The highest BCUT2D eigenvalue weighted by Gasteiger charge is 2.12. The molecule has 0 heterocycles. The number of aromatic hydroxyl groups is 2. The molecule has 0 aromatic heterocycles. The summed E-state index contributed by atoms with van der Waals surface area (Å²) in [5.41, 5.74) is 0.513. The molecule has 1 aromatic rings. The maximum absolute atomic E-state index is 11.7. The Kier molecular flexibility index (Phi) is 3.99. The molecule has 3 N–H and O–H groups in total. The second-order valence-corrected chi connectivity index (χ2v) is 5.27. The van der Waals surface area contributed by atoms with E-state index in [1.165, 1.54) is 18.2 Å². The first kappa shape index (κ1) is 13.4. The minimum atomic E-state index is -0.284. The van der Waals surface area contributed by atoms with Crippen molar-refractivity contribution in [3.05, 3.63) is 23.8 Å². The minimum absolute atomic E-state index is 0.171. The molecular weight excluding hydrogens is 218 g/mol. The Labute approximate surface area is 101 Å². The van der Waals surface area contributed by atoms with Crippen LogP contribution >= 0.6 is 0 Å². The maximum atomic E-state index is 11.7. The van der Waals surface area contributed by atoms with Crippen LogP contribution in [0.1, 0.15) is 37.6 Å². The molecule has 4 nitrogen and oxygen atoms in total. The van der Waals surface area contributed by atoms with Crippen LogP contribution in [0.2, 0.25) is 0 Å². The Balaban J connectivity index is 2.56. The summed E-state index contributed by atoms with van der Waals surface area (Å²) >= 11 is 0. The number of phenolic OH excluding ortho intramolecular Hbond substituents is 2. The normalized spacial score (nSPS) is 11.2. The minimum Gasteiger partial charge on any atom is -0.504 e. The molecule has 0 fully saturated rings. The number of phenols is 2. The molecule has 0 atom stereocenters. The van der Waals surface area contributed by atoms with E-state index in [2.05, 4.69) is 26.1 Å². The Morgan fingerprint density at radius 1 is 1.24 bits per heavy atom. The van der Waals surface area contributed by atoms with E-state index < -0.39 is 0 Å². The van der Waals surface area contributed by atoms with Crippen LogP contribution in [0, 0.1) is 5.41 Å². The average Bonchev–Trinajstić information content (AvgIpc) is 2.20. The third-order valence-electron chi connectivity index (χ3n) is 2.40. The predicted octanol–water partition coefficient (Wildman–Crippen LogP) is 2.26. The molecule has 0 bridgehead atoms. The number of amides is 1. The number of hydrogen-bond donors (Lipinski definition) is 3. The van der Waals surface area contributed by atoms with Gasteiger partial charge in [-0.1, -0.05) is 20.8 Å². The zero-order valence-corrected chi connectivity index (χ0v) is 10.4. The van der Waals surface area contributed by atoms with Crippen LogP contribution in [-0.4, -0.2) is 22.7 Å². The van der Waals surface area contributed by atoms with E-state index in [-0.39, 0.29) is 22.8 Å². The van der Waals surface area contributed by atoms with Gasteiger partial charge in [0.1, 0.15) is 0 Å². The van der Waals surface area contributed by atoms with Gasteiger partial charge in [0.15, 0.2) is 11.5 Å². The van der Waals surface area contributed by atoms with Gasteiger partial charge in [-0.05, 0) is 30.0 Å². The summed E-state index contributed by atoms with van der Waals surface area (Å²) in [6.45, 7) is 6.90. The van der Waals surface area contributed by atoms with Crippen molar-refractivity contribution in [2.75, 3.05) is 6.54 Å². The van der Waals surface area contributed by atoms with E-state index in [4.69, 9.17) is 5.11 Å². The van der Waals surface area contributed by atoms with Crippen LogP contribution in [0.5, 0.6) is 11.5 Å². The van der Waals surface area contributed by atoms with Crippen LogP contribution < -0.4 is 5.32 Å². The summed E-state index contributed by atoms with van der Waals surface area (Å²) in [7, 11) is 0. The molecule has 0 aliphatic carbocycles. The summed E-state index contributed by atoms with van der Waals surface area (Å²) in [5.74, 6) is -0.755. The molecule has 4 heteroatoms. The van der Waals surface area contributed by atoms with Crippen molar-refractivity contribution in [3.8, 4) is 11.5 Å². The lowest BCUT2D eigenvalue weighted by Crippen LogP contribution is -2.27. The maximum Gasteiger partial charge on any atom is 0.251 e. The van der Waals surface area contributed by atoms with E-state index in [1.54, 1.807) is 0 Å². The van der Waals surface area contributed by atoms with Gasteiger partial charge >= 0.3 is 0 Å². The van der Waals surface area contributed by atoms with Gasteiger partial charge < -0.3 is 15.5 Å². The van der Waals surface area contributed by atoms with Crippen LogP contribution in [0.4, 0.5) is 0 Å². The first-order chi connectivity index (χ1) is 7.79. The van der Waals surface area contributed by atoms with Gasteiger partial charge in [-0.3, -0.25) is 4.79 Å². The monoisotopic (exact) mass is 237 g/mol. The van der Waals surface area contributed by atoms with Crippen molar-refractivity contribution in [1.29, 1.82) is 0 Å². The first-order valence-electron chi connectivity index (χ1n) is 5.60. The van der Waals surface area contributed by atoms with E-state index in [1.807, 2.05) is 0 Å². The third-order valence-corrected chi connectivity index (χ3v) is 2.40. The second-order valence-electron chi connectivity index (χ2n) is 5.27. The molecule has 0 spiro atoms. The van der Waals surface area contributed by atoms with E-state index in [0.717, 1.165) is 6.42 Å². The standard InChI is InChI=1S/C13H19NO3/c1-13(2,3)6-7-14-12(17)9-4-5-10(15)11(16)8-9/h4-5,8,15-16H,6-7H2,1-3H3,(H,14,17). The summed E-state index contributed by atoms with van der Waals surface area (Å²) in [5, 5.41) is 21.2. The first-order valence-corrected chi connectivity index (χ1v) is 5.60. The molecule has 1 rings (SSSR count). The average molecular weight is 237 g/mol. The fourth-order valence-electron chi connectivity index (χ4n) is 1.32. The second kappa shape index (κ2) is 5.08. The fourth-order valence-corrected chi connectivity index (χ4v) is 1.32. The molecule has 1 aromatic carbocycles. The lowest BCUT2D eigenvalue weighted by molar-refractivity contribution is 0.0949. The van der Waals surface area contributed by atoms with Crippen LogP contribution in [0.3, 0.4) is 0 Å². The molecule has 0 radical (unpaired) electrons. The van der Waals surface area contributed by atoms with Crippen LogP contribution in [-0.2, 0) is 0 Å². The summed E-state index contributed by atoms with van der Waals surface area (Å²) in [6.07, 6.45) is 0.878. The van der Waals surface area contributed by atoms with Crippen molar-refractivity contribution in [3.63, 3.8) is 0 Å². The number of benzene rings is 1. The highest BCUT2D eigenvalue weighted by atomic mass is 16.3. The van der Waals surface area contributed by atoms with E-state index in [0.29, 0.717) is 12.1 Å². The Morgan fingerprint density at radius 3 is 2.41 bits per heavy atom. The van der Waals surface area contributed by atoms with Gasteiger partial charge in [-0.25, -0.2) is 0 Å². The molecule has 1 amide bonds. The van der Waals surface area contributed by atoms with Crippen molar-refractivity contribution in [2.45, 2.75) is 27.2 Å². The number of carbonyl (C=O) groups excluding carboxylic acids is 1. The predicted molar refractivity (Wildman–Crippen MR) is 66.2 cm³/mol. The molecule has 0 saturated carbocycles. The smallest absolute Gasteiger partial charge is 0.251 e. The summed E-state index contributed by atoms with van der Waals surface area (Å²) in [4.78, 5) is 11.7. The van der Waals surface area contributed by atoms with Crippen molar-refractivity contribution >= 4 is 5.91 Å². The summed E-state index contributed by atoms with van der Waals surface area (Å²) in [6, 6.07) is 4.03. The molecule has 0 saturated heterocycles. The zero-order valence-electron chi connectivity index (χ0n) is 10.4. The van der Waals surface area contributed by atoms with Gasteiger partial charge in [0.2, 0.25) is 0 Å². The molecule has 94 valence electrons. The van der Waals surface area contributed by atoms with Crippen molar-refractivity contribution in [2.24, 2.45) is 5.41 Å². The Morgan fingerprint density at radius 2 is 1.88 bits per heavy atom. The van der Waals surface area contributed by atoms with Gasteiger partial charge in [-0.15, -0.1) is 0 Å². The summed E-state index contributed by atoms with van der Waals surface area (Å²) < 4.78 is 0. The van der Waals surface area contributed by atoms with Gasteiger partial charge in [-0.2, -0.15) is 0 Å². The number of nitrogens with one attached hydrogen (secondary N) is 1. The SMILES string of the molecule is CC(C)(C)CCNC(=O)c1ccc(O)c(O)c1. The zero-order chi connectivity index (χ0) is 13.1. The highest BCUT2D eigenvalue weighted by Crippen LogP contribution is 2.24. The van der Waals surface area contributed by atoms with E-state index >= 15 is 0 Å².